The summed E-state index contributed by atoms with van der Waals surface area (Å²) >= 11 is 0. The van der Waals surface area contributed by atoms with E-state index in [9.17, 15) is 18.4 Å². The minimum Gasteiger partial charge on any atom is -0.466 e. The van der Waals surface area contributed by atoms with Crippen LogP contribution in [0.5, 0.6) is 0 Å². The standard InChI is InChI=1S/C22H26F2N4O4/c1-8-31-17(29)10-13-9-16(24)14(11-15(13)23)18-19(25-7)20(28(27-18)12(2)3)26-21(30)32-22(4,5)6/h9,11-12H,8,10H2,1-6H3,(H,26,30). The number of rotatable bonds is 6. The SMILES string of the molecule is [C-]#[N+]c1c(-c2cc(F)c(CC(=O)OCC)cc2F)nn(C(C)C)c1NC(=O)OC(C)(C)C. The van der Waals surface area contributed by atoms with Crippen LogP contribution in [0.2, 0.25) is 0 Å². The molecule has 32 heavy (non-hydrogen) atoms. The van der Waals surface area contributed by atoms with Crippen LogP contribution >= 0.6 is 0 Å². The van der Waals surface area contributed by atoms with Crippen LogP contribution in [0, 0.1) is 18.2 Å². The summed E-state index contributed by atoms with van der Waals surface area (Å²) in [6.45, 7) is 17.9. The average Bonchev–Trinajstić information content (AvgIpc) is 3.01. The molecule has 1 amide bonds. The zero-order valence-electron chi connectivity index (χ0n) is 18.9. The minimum atomic E-state index is -0.868. The molecule has 0 fully saturated rings. The molecule has 0 radical (unpaired) electrons. The summed E-state index contributed by atoms with van der Waals surface area (Å²) in [6, 6.07) is 1.44. The van der Waals surface area contributed by atoms with E-state index in [1.165, 1.54) is 4.68 Å². The maximum Gasteiger partial charge on any atom is 0.412 e. The highest BCUT2D eigenvalue weighted by Crippen LogP contribution is 2.40. The second kappa shape index (κ2) is 9.77. The van der Waals surface area contributed by atoms with Gasteiger partial charge in [-0.25, -0.2) is 18.4 Å². The molecule has 0 atom stereocenters. The molecule has 1 aromatic heterocycles. The number of benzene rings is 1. The van der Waals surface area contributed by atoms with E-state index in [-0.39, 0.29) is 41.0 Å². The molecule has 0 bridgehead atoms. The predicted octanol–water partition coefficient (Wildman–Crippen LogP) is 5.41. The normalized spacial score (nSPS) is 11.2. The van der Waals surface area contributed by atoms with Crippen LogP contribution in [0.1, 0.15) is 53.1 Å². The van der Waals surface area contributed by atoms with Crippen LogP contribution in [0.4, 0.5) is 25.1 Å². The molecule has 0 saturated carbocycles. The van der Waals surface area contributed by atoms with Gasteiger partial charge in [0.1, 0.15) is 28.7 Å². The van der Waals surface area contributed by atoms with E-state index in [2.05, 4.69) is 15.3 Å². The monoisotopic (exact) mass is 448 g/mol. The maximum atomic E-state index is 14.9. The van der Waals surface area contributed by atoms with Crippen molar-refractivity contribution in [3.05, 3.63) is 40.7 Å². The molecule has 1 heterocycles. The van der Waals surface area contributed by atoms with Crippen LogP contribution in [-0.4, -0.2) is 34.1 Å². The van der Waals surface area contributed by atoms with E-state index in [1.54, 1.807) is 41.5 Å². The van der Waals surface area contributed by atoms with Gasteiger partial charge in [0.2, 0.25) is 0 Å². The summed E-state index contributed by atoms with van der Waals surface area (Å²) in [5, 5.41) is 6.75. The highest BCUT2D eigenvalue weighted by atomic mass is 19.1. The summed E-state index contributed by atoms with van der Waals surface area (Å²) < 4.78 is 40.9. The molecule has 0 aliphatic rings. The van der Waals surface area contributed by atoms with E-state index in [0.29, 0.717) is 0 Å². The number of aromatic nitrogens is 2. The van der Waals surface area contributed by atoms with Crippen molar-refractivity contribution in [3.8, 4) is 11.3 Å². The highest BCUT2D eigenvalue weighted by molar-refractivity contribution is 5.93. The van der Waals surface area contributed by atoms with Gasteiger partial charge in [-0.15, -0.1) is 0 Å². The first-order chi connectivity index (χ1) is 14.9. The number of hydrogen-bond donors (Lipinski definition) is 1. The van der Waals surface area contributed by atoms with Crippen molar-refractivity contribution in [2.24, 2.45) is 0 Å². The van der Waals surface area contributed by atoms with Gasteiger partial charge >= 0.3 is 12.1 Å². The van der Waals surface area contributed by atoms with E-state index < -0.39 is 35.7 Å². The van der Waals surface area contributed by atoms with Crippen molar-refractivity contribution in [2.75, 3.05) is 11.9 Å². The fourth-order valence-electron chi connectivity index (χ4n) is 2.88. The van der Waals surface area contributed by atoms with Crippen molar-refractivity contribution in [2.45, 2.75) is 59.6 Å². The topological polar surface area (TPSA) is 86.8 Å². The van der Waals surface area contributed by atoms with Crippen molar-refractivity contribution in [1.29, 1.82) is 0 Å². The van der Waals surface area contributed by atoms with Gasteiger partial charge < -0.3 is 9.47 Å². The molecule has 2 aromatic rings. The summed E-state index contributed by atoms with van der Waals surface area (Å²) in [5.74, 6) is -2.39. The maximum absolute atomic E-state index is 14.9. The summed E-state index contributed by atoms with van der Waals surface area (Å²) in [4.78, 5) is 27.3. The molecular weight excluding hydrogens is 422 g/mol. The number of carbonyl (C=O) groups excluding carboxylic acids is 2. The Hall–Kier alpha value is -3.48. The summed E-state index contributed by atoms with van der Waals surface area (Å²) in [5.41, 5.74) is -1.53. The molecule has 0 aliphatic carbocycles. The Bertz CT molecular complexity index is 1070. The Balaban J connectivity index is 2.54. The van der Waals surface area contributed by atoms with Crippen LogP contribution < -0.4 is 5.32 Å². The molecule has 0 aliphatic heterocycles. The lowest BCUT2D eigenvalue weighted by Gasteiger charge is -2.20. The van der Waals surface area contributed by atoms with E-state index in [1.807, 2.05) is 0 Å². The van der Waals surface area contributed by atoms with Crippen LogP contribution in [-0.2, 0) is 20.7 Å². The molecule has 0 saturated heterocycles. The number of hydrogen-bond acceptors (Lipinski definition) is 5. The largest absolute Gasteiger partial charge is 0.466 e. The molecule has 172 valence electrons. The lowest BCUT2D eigenvalue weighted by Crippen LogP contribution is -2.28. The number of nitrogens with one attached hydrogen (secondary N) is 1. The van der Waals surface area contributed by atoms with Gasteiger partial charge in [0.25, 0.3) is 5.69 Å². The Morgan fingerprint density at radius 2 is 1.91 bits per heavy atom. The molecule has 2 rings (SSSR count). The van der Waals surface area contributed by atoms with Gasteiger partial charge in [-0.05, 0) is 53.7 Å². The van der Waals surface area contributed by atoms with Gasteiger partial charge in [0.15, 0.2) is 0 Å². The third kappa shape index (κ3) is 5.81. The van der Waals surface area contributed by atoms with Crippen molar-refractivity contribution in [3.63, 3.8) is 0 Å². The second-order valence-electron chi connectivity index (χ2n) is 8.23. The first kappa shape index (κ1) is 24.8. The van der Waals surface area contributed by atoms with Crippen molar-refractivity contribution < 1.29 is 27.8 Å². The number of anilines is 1. The Labute approximate surface area is 185 Å². The number of nitrogens with zero attached hydrogens (tertiary/aromatic N) is 3. The van der Waals surface area contributed by atoms with E-state index >= 15 is 0 Å². The number of esters is 1. The molecular formula is C22H26F2N4O4. The van der Waals surface area contributed by atoms with E-state index in [0.717, 1.165) is 12.1 Å². The van der Waals surface area contributed by atoms with Crippen molar-refractivity contribution in [1.82, 2.24) is 9.78 Å². The van der Waals surface area contributed by atoms with Crippen LogP contribution in [0.3, 0.4) is 0 Å². The Morgan fingerprint density at radius 3 is 2.44 bits per heavy atom. The molecule has 0 unspecified atom stereocenters. The predicted molar refractivity (Wildman–Crippen MR) is 114 cm³/mol. The lowest BCUT2D eigenvalue weighted by molar-refractivity contribution is -0.142. The smallest absolute Gasteiger partial charge is 0.412 e. The number of amides is 1. The average molecular weight is 448 g/mol. The number of halogens is 2. The minimum absolute atomic E-state index is 0.00894. The second-order valence-corrected chi connectivity index (χ2v) is 8.23. The summed E-state index contributed by atoms with van der Waals surface area (Å²) in [6.07, 6.45) is -1.24. The van der Waals surface area contributed by atoms with Gasteiger partial charge in [0.05, 0.1) is 19.6 Å². The van der Waals surface area contributed by atoms with Crippen molar-refractivity contribution >= 4 is 23.6 Å². The van der Waals surface area contributed by atoms with Crippen LogP contribution in [0.25, 0.3) is 16.1 Å². The number of carbonyl (C=O) groups is 2. The van der Waals surface area contributed by atoms with E-state index in [4.69, 9.17) is 16.0 Å². The lowest BCUT2D eigenvalue weighted by atomic mass is 10.0. The molecule has 1 N–H and O–H groups in total. The van der Waals surface area contributed by atoms with Gasteiger partial charge in [-0.2, -0.15) is 5.10 Å². The third-order valence-corrected chi connectivity index (χ3v) is 4.14. The molecule has 8 nitrogen and oxygen atoms in total. The zero-order chi connectivity index (χ0) is 24.2. The first-order valence-electron chi connectivity index (χ1n) is 10.0. The molecule has 0 spiro atoms. The Kier molecular flexibility index (Phi) is 7.56. The molecule has 10 heteroatoms. The zero-order valence-corrected chi connectivity index (χ0v) is 18.9. The van der Waals surface area contributed by atoms with Gasteiger partial charge in [0, 0.05) is 17.2 Å². The third-order valence-electron chi connectivity index (χ3n) is 4.14. The van der Waals surface area contributed by atoms with Crippen LogP contribution in [0.15, 0.2) is 12.1 Å². The fourth-order valence-corrected chi connectivity index (χ4v) is 2.88. The molecule has 1 aromatic carbocycles. The van der Waals surface area contributed by atoms with Gasteiger partial charge in [-0.1, -0.05) is 0 Å². The quantitative estimate of drug-likeness (QED) is 0.472. The number of ether oxygens (including phenoxy) is 2. The Morgan fingerprint density at radius 1 is 1.25 bits per heavy atom. The fraction of sp³-hybridized carbons (Fsp3) is 0.455. The first-order valence-corrected chi connectivity index (χ1v) is 10.0. The highest BCUT2D eigenvalue weighted by Gasteiger charge is 2.27. The van der Waals surface area contributed by atoms with Gasteiger partial charge in [-0.3, -0.25) is 14.8 Å². The summed E-state index contributed by atoms with van der Waals surface area (Å²) in [7, 11) is 0.